The summed E-state index contributed by atoms with van der Waals surface area (Å²) in [6.07, 6.45) is 0.690. The van der Waals surface area contributed by atoms with E-state index >= 15 is 0 Å². The van der Waals surface area contributed by atoms with Gasteiger partial charge in [0.1, 0.15) is 5.82 Å². The van der Waals surface area contributed by atoms with E-state index < -0.39 is 21.7 Å². The molecule has 0 N–H and O–H groups in total. The average molecular weight is 404 g/mol. The molecule has 0 aliphatic carbocycles. The number of halogens is 1. The van der Waals surface area contributed by atoms with Crippen LogP contribution in [0.2, 0.25) is 0 Å². The van der Waals surface area contributed by atoms with E-state index in [2.05, 4.69) is 0 Å². The van der Waals surface area contributed by atoms with Crippen LogP contribution in [-0.4, -0.2) is 56.4 Å². The number of morpholine rings is 1. The van der Waals surface area contributed by atoms with Crippen molar-refractivity contribution in [2.45, 2.75) is 17.9 Å². The highest BCUT2D eigenvalue weighted by molar-refractivity contribution is 7.89. The second kappa shape index (κ2) is 7.62. The highest BCUT2D eigenvalue weighted by atomic mass is 32.2. The molecule has 148 valence electrons. The van der Waals surface area contributed by atoms with Gasteiger partial charge in [-0.2, -0.15) is 4.31 Å². The number of rotatable bonds is 3. The van der Waals surface area contributed by atoms with Crippen molar-refractivity contribution in [2.75, 3.05) is 32.8 Å². The first-order valence-corrected chi connectivity index (χ1v) is 10.6. The predicted octanol–water partition coefficient (Wildman–Crippen LogP) is 2.05. The van der Waals surface area contributed by atoms with Crippen molar-refractivity contribution in [3.05, 3.63) is 65.0 Å². The van der Waals surface area contributed by atoms with Crippen molar-refractivity contribution in [3.63, 3.8) is 0 Å². The minimum Gasteiger partial charge on any atom is -0.379 e. The second-order valence-electron chi connectivity index (χ2n) is 6.90. The first-order valence-electron chi connectivity index (χ1n) is 9.20. The van der Waals surface area contributed by atoms with Gasteiger partial charge in [0.25, 0.3) is 5.91 Å². The molecular weight excluding hydrogens is 383 g/mol. The molecule has 4 rings (SSSR count). The molecule has 2 aliphatic rings. The highest BCUT2D eigenvalue weighted by Gasteiger charge is 2.29. The fourth-order valence-corrected chi connectivity index (χ4v) is 5.04. The Morgan fingerprint density at radius 3 is 2.46 bits per heavy atom. The fourth-order valence-electron chi connectivity index (χ4n) is 3.60. The number of carbonyl (C=O) groups is 1. The van der Waals surface area contributed by atoms with Gasteiger partial charge in [-0.25, -0.2) is 12.8 Å². The number of benzene rings is 2. The molecule has 2 heterocycles. The van der Waals surface area contributed by atoms with Crippen molar-refractivity contribution in [1.82, 2.24) is 9.21 Å². The van der Waals surface area contributed by atoms with E-state index in [-0.39, 0.29) is 23.5 Å². The fraction of sp³-hybridized carbons (Fsp3) is 0.350. The Balaban J connectivity index is 1.61. The van der Waals surface area contributed by atoms with Gasteiger partial charge in [0.2, 0.25) is 10.0 Å². The summed E-state index contributed by atoms with van der Waals surface area (Å²) in [5.41, 5.74) is 1.99. The third-order valence-electron chi connectivity index (χ3n) is 5.19. The molecule has 2 aromatic rings. The normalized spacial score (nSPS) is 18.0. The van der Waals surface area contributed by atoms with E-state index in [4.69, 9.17) is 4.74 Å². The molecule has 1 fully saturated rings. The molecule has 0 spiro atoms. The summed E-state index contributed by atoms with van der Waals surface area (Å²) in [6, 6.07) is 11.3. The third-order valence-corrected chi connectivity index (χ3v) is 7.09. The minimum absolute atomic E-state index is 0.0726. The van der Waals surface area contributed by atoms with Crippen LogP contribution < -0.4 is 0 Å². The molecule has 2 aromatic carbocycles. The Hall–Kier alpha value is -2.29. The van der Waals surface area contributed by atoms with Crippen molar-refractivity contribution < 1.29 is 22.3 Å². The zero-order valence-electron chi connectivity index (χ0n) is 15.3. The number of nitrogens with zero attached hydrogens (tertiary/aromatic N) is 2. The van der Waals surface area contributed by atoms with Gasteiger partial charge >= 0.3 is 0 Å². The second-order valence-corrected chi connectivity index (χ2v) is 8.84. The molecule has 0 bridgehead atoms. The summed E-state index contributed by atoms with van der Waals surface area (Å²) in [6.45, 7) is 1.97. The number of ether oxygens (including phenoxy) is 1. The maximum Gasteiger partial charge on any atom is 0.257 e. The van der Waals surface area contributed by atoms with Gasteiger partial charge in [0.05, 0.1) is 23.7 Å². The highest BCUT2D eigenvalue weighted by Crippen LogP contribution is 2.24. The van der Waals surface area contributed by atoms with Crippen LogP contribution in [-0.2, 0) is 27.7 Å². The lowest BCUT2D eigenvalue weighted by Crippen LogP contribution is -2.40. The molecule has 8 heteroatoms. The molecule has 0 aromatic heterocycles. The average Bonchev–Trinajstić information content (AvgIpc) is 2.73. The van der Waals surface area contributed by atoms with Gasteiger partial charge in [-0.3, -0.25) is 4.79 Å². The summed E-state index contributed by atoms with van der Waals surface area (Å²) >= 11 is 0. The third kappa shape index (κ3) is 3.55. The van der Waals surface area contributed by atoms with E-state index in [9.17, 15) is 17.6 Å². The Bertz CT molecular complexity index is 1000. The van der Waals surface area contributed by atoms with Crippen LogP contribution in [0.1, 0.15) is 21.5 Å². The summed E-state index contributed by atoms with van der Waals surface area (Å²) in [5.74, 6) is -1.21. The number of hydrogen-bond donors (Lipinski definition) is 0. The predicted molar refractivity (Wildman–Crippen MR) is 101 cm³/mol. The van der Waals surface area contributed by atoms with Gasteiger partial charge in [-0.15, -0.1) is 0 Å². The number of amides is 1. The van der Waals surface area contributed by atoms with Crippen LogP contribution in [0.25, 0.3) is 0 Å². The molecule has 1 amide bonds. The lowest BCUT2D eigenvalue weighted by atomic mass is 9.99. The van der Waals surface area contributed by atoms with Gasteiger partial charge < -0.3 is 9.64 Å². The zero-order valence-corrected chi connectivity index (χ0v) is 16.1. The quantitative estimate of drug-likeness (QED) is 0.785. The monoisotopic (exact) mass is 404 g/mol. The zero-order chi connectivity index (χ0) is 19.7. The number of hydrogen-bond acceptors (Lipinski definition) is 4. The van der Waals surface area contributed by atoms with Crippen LogP contribution in [0.5, 0.6) is 0 Å². The van der Waals surface area contributed by atoms with Gasteiger partial charge in [0.15, 0.2) is 0 Å². The molecule has 6 nitrogen and oxygen atoms in total. The number of fused-ring (bicyclic) bond motifs is 1. The van der Waals surface area contributed by atoms with Crippen LogP contribution in [0, 0.1) is 5.82 Å². The van der Waals surface area contributed by atoms with E-state index in [1.54, 1.807) is 4.90 Å². The van der Waals surface area contributed by atoms with Crippen molar-refractivity contribution in [3.8, 4) is 0 Å². The lowest BCUT2D eigenvalue weighted by molar-refractivity contribution is 0.0725. The Morgan fingerprint density at radius 1 is 1.00 bits per heavy atom. The first-order chi connectivity index (χ1) is 13.5. The largest absolute Gasteiger partial charge is 0.379 e. The minimum atomic E-state index is -3.80. The van der Waals surface area contributed by atoms with Crippen molar-refractivity contribution in [1.29, 1.82) is 0 Å². The molecule has 0 atom stereocenters. The van der Waals surface area contributed by atoms with Gasteiger partial charge in [-0.1, -0.05) is 24.3 Å². The van der Waals surface area contributed by atoms with E-state index in [1.165, 1.54) is 15.9 Å². The standard InChI is InChI=1S/C20H21FN2O4S/c21-19-6-5-17(28(25,26)23-9-11-27-12-10-23)13-18(19)20(24)22-8-7-15-3-1-2-4-16(15)14-22/h1-6,13H,7-12,14H2. The van der Waals surface area contributed by atoms with E-state index in [0.29, 0.717) is 32.7 Å². The van der Waals surface area contributed by atoms with E-state index in [1.807, 2.05) is 24.3 Å². The Kier molecular flexibility index (Phi) is 5.18. The molecule has 0 radical (unpaired) electrons. The maximum absolute atomic E-state index is 14.4. The van der Waals surface area contributed by atoms with E-state index in [0.717, 1.165) is 17.7 Å². The molecule has 28 heavy (non-hydrogen) atoms. The SMILES string of the molecule is O=C(c1cc(S(=O)(=O)N2CCOCC2)ccc1F)N1CCc2ccccc2C1. The van der Waals surface area contributed by atoms with Crippen molar-refractivity contribution >= 4 is 15.9 Å². The molecular formula is C20H21FN2O4S. The molecule has 2 aliphatic heterocycles. The summed E-state index contributed by atoms with van der Waals surface area (Å²) in [4.78, 5) is 14.4. The number of carbonyl (C=O) groups excluding carboxylic acids is 1. The van der Waals surface area contributed by atoms with Gasteiger partial charge in [0, 0.05) is 26.2 Å². The Morgan fingerprint density at radius 2 is 1.71 bits per heavy atom. The molecule has 0 unspecified atom stereocenters. The summed E-state index contributed by atoms with van der Waals surface area (Å²) in [5, 5.41) is 0. The molecule has 0 saturated carbocycles. The van der Waals surface area contributed by atoms with Crippen LogP contribution in [0.3, 0.4) is 0 Å². The van der Waals surface area contributed by atoms with Gasteiger partial charge in [-0.05, 0) is 35.7 Å². The first kappa shape index (κ1) is 19.0. The van der Waals surface area contributed by atoms with Crippen LogP contribution >= 0.6 is 0 Å². The smallest absolute Gasteiger partial charge is 0.257 e. The Labute approximate surface area is 163 Å². The van der Waals surface area contributed by atoms with Crippen LogP contribution in [0.15, 0.2) is 47.4 Å². The topological polar surface area (TPSA) is 66.9 Å². The molecule has 1 saturated heterocycles. The van der Waals surface area contributed by atoms with Crippen LogP contribution in [0.4, 0.5) is 4.39 Å². The van der Waals surface area contributed by atoms with Crippen molar-refractivity contribution in [2.24, 2.45) is 0 Å². The summed E-state index contributed by atoms with van der Waals surface area (Å²) < 4.78 is 46.6. The lowest BCUT2D eigenvalue weighted by Gasteiger charge is -2.29. The summed E-state index contributed by atoms with van der Waals surface area (Å²) in [7, 11) is -3.80. The number of sulfonamides is 1. The maximum atomic E-state index is 14.4.